The fraction of sp³-hybridized carbons (Fsp3) is 0.667. The van der Waals surface area contributed by atoms with Crippen molar-refractivity contribution in [1.29, 1.82) is 0 Å². The first-order chi connectivity index (χ1) is 3.95. The monoisotopic (exact) mass is 355 g/mol. The Morgan fingerprint density at radius 1 is 1.40 bits per heavy atom. The Morgan fingerprint density at radius 2 is 1.80 bits per heavy atom. The molecule has 0 aromatic carbocycles. The van der Waals surface area contributed by atoms with Gasteiger partial charge in [-0.05, 0) is 26.2 Å². The van der Waals surface area contributed by atoms with Crippen molar-refractivity contribution in [2.75, 3.05) is 0 Å². The number of hydrogen-bond donors (Lipinski definition) is 0. The fourth-order valence-electron chi connectivity index (χ4n) is 0.606. The molecule has 0 fully saturated rings. The summed E-state index contributed by atoms with van der Waals surface area (Å²) in [6.45, 7) is 12.5. The first kappa shape index (κ1) is 13.4. The van der Waals surface area contributed by atoms with Gasteiger partial charge in [0.1, 0.15) is 0 Å². The van der Waals surface area contributed by atoms with E-state index in [1.54, 1.807) is 0 Å². The minimum atomic E-state index is -1.25. The van der Waals surface area contributed by atoms with E-state index in [1.807, 2.05) is 5.70 Å². The molecule has 1 atom stereocenters. The molecule has 0 saturated carbocycles. The van der Waals surface area contributed by atoms with Crippen molar-refractivity contribution in [2.24, 2.45) is 0 Å². The zero-order valence-corrected chi connectivity index (χ0v) is 11.5. The predicted molar refractivity (Wildman–Crippen MR) is 47.6 cm³/mol. The molecule has 0 aromatic heterocycles. The molecule has 0 spiro atoms. The van der Waals surface area contributed by atoms with Crippen LogP contribution in [0.25, 0.3) is 0 Å². The van der Waals surface area contributed by atoms with E-state index in [1.165, 1.54) is 0 Å². The Balaban J connectivity index is 0. The molecular formula is C6H16OPtSi2. The first-order valence-corrected chi connectivity index (χ1v) is 8.96. The molecule has 4 heteroatoms. The van der Waals surface area contributed by atoms with Crippen LogP contribution >= 0.6 is 0 Å². The van der Waals surface area contributed by atoms with Crippen LogP contribution < -0.4 is 0 Å². The van der Waals surface area contributed by atoms with Gasteiger partial charge in [0.15, 0.2) is 17.4 Å². The van der Waals surface area contributed by atoms with Gasteiger partial charge in [-0.1, -0.05) is 5.70 Å². The average molecular weight is 355 g/mol. The maximum absolute atomic E-state index is 5.75. The maximum Gasteiger partial charge on any atom is 0.184 e. The molecule has 0 amide bonds. The van der Waals surface area contributed by atoms with Gasteiger partial charge < -0.3 is 4.12 Å². The SMILES string of the molecule is C=C[SiH](C)O[Si](C)(C)C.[Pt]. The summed E-state index contributed by atoms with van der Waals surface area (Å²) < 4.78 is 5.75. The Morgan fingerprint density at radius 3 is 1.90 bits per heavy atom. The van der Waals surface area contributed by atoms with Gasteiger partial charge in [0.2, 0.25) is 0 Å². The van der Waals surface area contributed by atoms with E-state index in [-0.39, 0.29) is 21.1 Å². The van der Waals surface area contributed by atoms with Gasteiger partial charge in [-0.25, -0.2) is 0 Å². The van der Waals surface area contributed by atoms with Crippen LogP contribution in [0.5, 0.6) is 0 Å². The van der Waals surface area contributed by atoms with Crippen molar-refractivity contribution < 1.29 is 25.2 Å². The summed E-state index contributed by atoms with van der Waals surface area (Å²) in [5.74, 6) is 0. The van der Waals surface area contributed by atoms with E-state index in [0.717, 1.165) is 0 Å². The van der Waals surface area contributed by atoms with Gasteiger partial charge in [0.25, 0.3) is 0 Å². The molecule has 0 radical (unpaired) electrons. The summed E-state index contributed by atoms with van der Waals surface area (Å²) in [7, 11) is -2.23. The zero-order valence-electron chi connectivity index (χ0n) is 7.09. The van der Waals surface area contributed by atoms with Crippen LogP contribution in [-0.2, 0) is 25.2 Å². The van der Waals surface area contributed by atoms with Gasteiger partial charge >= 0.3 is 0 Å². The molecule has 10 heavy (non-hydrogen) atoms. The fourth-order valence-corrected chi connectivity index (χ4v) is 5.45. The van der Waals surface area contributed by atoms with Gasteiger partial charge in [-0.15, -0.1) is 6.58 Å². The maximum atomic E-state index is 5.75. The van der Waals surface area contributed by atoms with Crippen LogP contribution in [0, 0.1) is 0 Å². The molecule has 0 aliphatic carbocycles. The summed E-state index contributed by atoms with van der Waals surface area (Å²) in [5, 5.41) is 0. The van der Waals surface area contributed by atoms with E-state index < -0.39 is 17.4 Å². The standard InChI is InChI=1S/C6H16OSi2.Pt/c1-6-8(2)7-9(3,4)5;/h6,8H,1H2,2-5H3;. The van der Waals surface area contributed by atoms with E-state index in [2.05, 4.69) is 32.8 Å². The van der Waals surface area contributed by atoms with Crippen molar-refractivity contribution in [3.63, 3.8) is 0 Å². The molecule has 1 nitrogen and oxygen atoms in total. The molecule has 1 unspecified atom stereocenters. The third-order valence-corrected chi connectivity index (χ3v) is 5.85. The van der Waals surface area contributed by atoms with Crippen LogP contribution in [0.2, 0.25) is 26.2 Å². The minimum Gasteiger partial charge on any atom is -0.455 e. The summed E-state index contributed by atoms with van der Waals surface area (Å²) in [6, 6.07) is 0. The predicted octanol–water partition coefficient (Wildman–Crippen LogP) is 1.91. The second-order valence-corrected chi connectivity index (χ2v) is 10.2. The molecule has 0 heterocycles. The molecule has 0 aliphatic heterocycles. The Hall–Kier alpha value is 0.822. The van der Waals surface area contributed by atoms with E-state index in [0.29, 0.717) is 0 Å². The molecule has 0 saturated heterocycles. The third kappa shape index (κ3) is 8.82. The van der Waals surface area contributed by atoms with Crippen LogP contribution in [-0.4, -0.2) is 17.4 Å². The van der Waals surface area contributed by atoms with Gasteiger partial charge in [-0.2, -0.15) is 0 Å². The quantitative estimate of drug-likeness (QED) is 0.703. The van der Waals surface area contributed by atoms with E-state index >= 15 is 0 Å². The summed E-state index contributed by atoms with van der Waals surface area (Å²) >= 11 is 0. The Bertz CT molecular complexity index is 100. The van der Waals surface area contributed by atoms with Crippen LogP contribution in [0.1, 0.15) is 0 Å². The molecule has 0 aromatic rings. The normalized spacial score (nSPS) is 13.6. The van der Waals surface area contributed by atoms with Crippen molar-refractivity contribution in [1.82, 2.24) is 0 Å². The van der Waals surface area contributed by atoms with Gasteiger partial charge in [-0.3, -0.25) is 0 Å². The van der Waals surface area contributed by atoms with E-state index in [9.17, 15) is 0 Å². The molecular weight excluding hydrogens is 339 g/mol. The van der Waals surface area contributed by atoms with Crippen molar-refractivity contribution in [3.8, 4) is 0 Å². The Labute approximate surface area is 81.0 Å². The third-order valence-electron chi connectivity index (χ3n) is 0.871. The first-order valence-electron chi connectivity index (χ1n) is 3.26. The number of rotatable bonds is 3. The van der Waals surface area contributed by atoms with Crippen molar-refractivity contribution in [3.05, 3.63) is 12.3 Å². The average Bonchev–Trinajstić information content (AvgIpc) is 1.62. The van der Waals surface area contributed by atoms with Crippen LogP contribution in [0.4, 0.5) is 0 Å². The second-order valence-electron chi connectivity index (χ2n) is 3.17. The molecule has 0 rings (SSSR count). The Kier molecular flexibility index (Phi) is 7.34. The summed E-state index contributed by atoms with van der Waals surface area (Å²) in [5.41, 5.74) is 1.97. The van der Waals surface area contributed by atoms with Crippen molar-refractivity contribution in [2.45, 2.75) is 26.2 Å². The summed E-state index contributed by atoms with van der Waals surface area (Å²) in [4.78, 5) is 0. The molecule has 0 N–H and O–H groups in total. The molecule has 64 valence electrons. The van der Waals surface area contributed by atoms with E-state index in [4.69, 9.17) is 4.12 Å². The van der Waals surface area contributed by atoms with Crippen LogP contribution in [0.3, 0.4) is 0 Å². The van der Waals surface area contributed by atoms with Crippen molar-refractivity contribution >= 4 is 17.4 Å². The minimum absolute atomic E-state index is 0. The zero-order chi connectivity index (χ0) is 7.49. The van der Waals surface area contributed by atoms with Gasteiger partial charge in [0, 0.05) is 21.1 Å². The second kappa shape index (κ2) is 5.47. The largest absolute Gasteiger partial charge is 0.455 e. The topological polar surface area (TPSA) is 9.23 Å². The van der Waals surface area contributed by atoms with Gasteiger partial charge in [0.05, 0.1) is 0 Å². The smallest absolute Gasteiger partial charge is 0.184 e. The number of hydrogen-bond acceptors (Lipinski definition) is 1. The summed E-state index contributed by atoms with van der Waals surface area (Å²) in [6.07, 6.45) is 0. The molecule has 0 bridgehead atoms. The molecule has 0 aliphatic rings. The van der Waals surface area contributed by atoms with Crippen LogP contribution in [0.15, 0.2) is 12.3 Å².